The molecule has 0 radical (unpaired) electrons. The number of carbonyl (C=O) groups is 2. The Balaban J connectivity index is 1.38. The van der Waals surface area contributed by atoms with Crippen molar-refractivity contribution in [2.24, 2.45) is 5.92 Å². The fourth-order valence-electron chi connectivity index (χ4n) is 4.28. The van der Waals surface area contributed by atoms with E-state index in [0.717, 1.165) is 24.0 Å². The quantitative estimate of drug-likeness (QED) is 0.914. The topological polar surface area (TPSA) is 57.6 Å². The summed E-state index contributed by atoms with van der Waals surface area (Å²) in [7, 11) is 0. The van der Waals surface area contributed by atoms with Gasteiger partial charge in [0.25, 0.3) is 0 Å². The molecule has 26 heavy (non-hydrogen) atoms. The molecule has 2 aliphatic rings. The molecule has 1 heterocycles. The number of hydrogen-bond donors (Lipinski definition) is 1. The summed E-state index contributed by atoms with van der Waals surface area (Å²) in [6.45, 7) is 0.799. The van der Waals surface area contributed by atoms with Gasteiger partial charge in [-0.3, -0.25) is 9.59 Å². The van der Waals surface area contributed by atoms with Crippen molar-refractivity contribution < 1.29 is 14.7 Å². The van der Waals surface area contributed by atoms with Crippen LogP contribution in [-0.2, 0) is 16.1 Å². The van der Waals surface area contributed by atoms with E-state index in [-0.39, 0.29) is 12.5 Å². The monoisotopic (exact) mass is 349 g/mol. The zero-order chi connectivity index (χ0) is 18.1. The number of amides is 1. The van der Waals surface area contributed by atoms with E-state index in [1.807, 2.05) is 30.3 Å². The lowest BCUT2D eigenvalue weighted by molar-refractivity contribution is -0.141. The first-order chi connectivity index (χ1) is 12.6. The number of carboxylic acids is 1. The van der Waals surface area contributed by atoms with Crippen LogP contribution in [0, 0.1) is 5.92 Å². The number of benzene rings is 2. The third-order valence-corrected chi connectivity index (χ3v) is 5.82. The summed E-state index contributed by atoms with van der Waals surface area (Å²) in [5.74, 6) is -0.427. The maximum absolute atomic E-state index is 12.8. The molecule has 1 unspecified atom stereocenters. The van der Waals surface area contributed by atoms with Crippen LogP contribution < -0.4 is 0 Å². The van der Waals surface area contributed by atoms with Crippen molar-refractivity contribution in [1.82, 2.24) is 4.90 Å². The Hall–Kier alpha value is -2.62. The third kappa shape index (κ3) is 3.24. The minimum Gasteiger partial charge on any atom is -0.481 e. The van der Waals surface area contributed by atoms with E-state index >= 15 is 0 Å². The summed E-state index contributed by atoms with van der Waals surface area (Å²) < 4.78 is 0. The highest BCUT2D eigenvalue weighted by Gasteiger charge is 2.36. The highest BCUT2D eigenvalue weighted by atomic mass is 16.4. The van der Waals surface area contributed by atoms with Crippen LogP contribution in [-0.4, -0.2) is 28.4 Å². The number of aliphatic carboxylic acids is 1. The van der Waals surface area contributed by atoms with E-state index in [4.69, 9.17) is 0 Å². The molecular formula is C22H23NO3. The lowest BCUT2D eigenvalue weighted by atomic mass is 9.70. The molecule has 1 saturated carbocycles. The van der Waals surface area contributed by atoms with Gasteiger partial charge in [0.1, 0.15) is 0 Å². The van der Waals surface area contributed by atoms with Gasteiger partial charge in [-0.05, 0) is 41.4 Å². The zero-order valence-electron chi connectivity index (χ0n) is 14.7. The Morgan fingerprint density at radius 2 is 1.69 bits per heavy atom. The Kier molecular flexibility index (Phi) is 4.49. The molecule has 1 amide bonds. The maximum atomic E-state index is 12.8. The smallest absolute Gasteiger partial charge is 0.312 e. The summed E-state index contributed by atoms with van der Waals surface area (Å²) in [6, 6.07) is 18.0. The molecule has 0 bridgehead atoms. The zero-order valence-corrected chi connectivity index (χ0v) is 14.7. The Labute approximate surface area is 153 Å². The lowest BCUT2D eigenvalue weighted by Crippen LogP contribution is -2.42. The lowest BCUT2D eigenvalue weighted by Gasteiger charge is -2.38. The van der Waals surface area contributed by atoms with Crippen LogP contribution in [0.2, 0.25) is 0 Å². The first-order valence-corrected chi connectivity index (χ1v) is 9.25. The number of fused-ring (bicyclic) bond motifs is 1. The fraction of sp³-hybridized carbons (Fsp3) is 0.364. The summed E-state index contributed by atoms with van der Waals surface area (Å²) in [5, 5.41) is 9.55. The highest BCUT2D eigenvalue weighted by molar-refractivity contribution is 5.81. The molecule has 1 aliphatic carbocycles. The minimum absolute atomic E-state index is 0.0854. The predicted octanol–water partition coefficient (Wildman–Crippen LogP) is 3.78. The molecule has 0 aromatic heterocycles. The number of rotatable bonds is 4. The average Bonchev–Trinajstić information content (AvgIpc) is 2.63. The SMILES string of the molecule is O=C(O)C1CN(C(=O)CC2CC(c3ccccc3)C2)Cc2ccccc21. The van der Waals surface area contributed by atoms with E-state index in [1.165, 1.54) is 5.56 Å². The minimum atomic E-state index is -0.859. The van der Waals surface area contributed by atoms with Crippen LogP contribution in [0.4, 0.5) is 0 Å². The number of hydrogen-bond acceptors (Lipinski definition) is 2. The molecule has 2 aromatic carbocycles. The maximum Gasteiger partial charge on any atom is 0.312 e. The molecule has 4 rings (SSSR count). The van der Waals surface area contributed by atoms with Gasteiger partial charge in [0.2, 0.25) is 5.91 Å². The molecule has 4 heteroatoms. The van der Waals surface area contributed by atoms with Crippen LogP contribution in [0.1, 0.15) is 47.8 Å². The van der Waals surface area contributed by atoms with Crippen LogP contribution in [0.15, 0.2) is 54.6 Å². The Morgan fingerprint density at radius 1 is 1.00 bits per heavy atom. The summed E-state index contributed by atoms with van der Waals surface area (Å²) in [6.07, 6.45) is 2.61. The normalized spacial score (nSPS) is 24.5. The predicted molar refractivity (Wildman–Crippen MR) is 98.8 cm³/mol. The molecule has 4 nitrogen and oxygen atoms in total. The Morgan fingerprint density at radius 3 is 2.42 bits per heavy atom. The number of carboxylic acid groups (broad SMARTS) is 1. The van der Waals surface area contributed by atoms with E-state index in [9.17, 15) is 14.7 Å². The fourth-order valence-corrected chi connectivity index (χ4v) is 4.28. The van der Waals surface area contributed by atoms with E-state index in [2.05, 4.69) is 24.3 Å². The number of carbonyl (C=O) groups excluding carboxylic acids is 1. The molecule has 0 spiro atoms. The van der Waals surface area contributed by atoms with Gasteiger partial charge < -0.3 is 10.0 Å². The molecule has 1 N–H and O–H groups in total. The van der Waals surface area contributed by atoms with Crippen LogP contribution >= 0.6 is 0 Å². The van der Waals surface area contributed by atoms with Crippen molar-refractivity contribution in [2.75, 3.05) is 6.54 Å². The largest absolute Gasteiger partial charge is 0.481 e. The second-order valence-corrected chi connectivity index (χ2v) is 7.51. The first kappa shape index (κ1) is 16.8. The van der Waals surface area contributed by atoms with Gasteiger partial charge in [-0.15, -0.1) is 0 Å². The second-order valence-electron chi connectivity index (χ2n) is 7.51. The van der Waals surface area contributed by atoms with Crippen LogP contribution in [0.5, 0.6) is 0 Å². The third-order valence-electron chi connectivity index (χ3n) is 5.82. The highest BCUT2D eigenvalue weighted by Crippen LogP contribution is 2.43. The molecule has 1 aliphatic heterocycles. The van der Waals surface area contributed by atoms with Crippen LogP contribution in [0.25, 0.3) is 0 Å². The van der Waals surface area contributed by atoms with Gasteiger partial charge in [0.15, 0.2) is 0 Å². The number of nitrogens with zero attached hydrogens (tertiary/aromatic N) is 1. The van der Waals surface area contributed by atoms with E-state index < -0.39 is 11.9 Å². The van der Waals surface area contributed by atoms with Gasteiger partial charge in [-0.2, -0.15) is 0 Å². The molecule has 134 valence electrons. The second kappa shape index (κ2) is 6.94. The molecule has 1 fully saturated rings. The molecule has 1 atom stereocenters. The average molecular weight is 349 g/mol. The van der Waals surface area contributed by atoms with Crippen molar-refractivity contribution in [3.8, 4) is 0 Å². The standard InChI is InChI=1S/C22H23NO3/c24-21(12-15-10-18(11-15)16-6-2-1-3-7-16)23-13-17-8-4-5-9-19(17)20(14-23)22(25)26/h1-9,15,18,20H,10-14H2,(H,25,26). The molecular weight excluding hydrogens is 326 g/mol. The van der Waals surface area contributed by atoms with Gasteiger partial charge in [0.05, 0.1) is 5.92 Å². The van der Waals surface area contributed by atoms with Crippen molar-refractivity contribution >= 4 is 11.9 Å². The van der Waals surface area contributed by atoms with Crippen molar-refractivity contribution in [3.05, 3.63) is 71.3 Å². The summed E-state index contributed by atoms with van der Waals surface area (Å²) >= 11 is 0. The summed E-state index contributed by atoms with van der Waals surface area (Å²) in [5.41, 5.74) is 3.15. The molecule has 2 aromatic rings. The summed E-state index contributed by atoms with van der Waals surface area (Å²) in [4.78, 5) is 26.1. The van der Waals surface area contributed by atoms with Gasteiger partial charge in [-0.1, -0.05) is 54.6 Å². The van der Waals surface area contributed by atoms with Crippen molar-refractivity contribution in [2.45, 2.75) is 37.6 Å². The Bertz CT molecular complexity index is 811. The van der Waals surface area contributed by atoms with Gasteiger partial charge in [-0.25, -0.2) is 0 Å². The van der Waals surface area contributed by atoms with Crippen molar-refractivity contribution in [3.63, 3.8) is 0 Å². The first-order valence-electron chi connectivity index (χ1n) is 9.25. The van der Waals surface area contributed by atoms with E-state index in [0.29, 0.717) is 24.8 Å². The molecule has 0 saturated heterocycles. The van der Waals surface area contributed by atoms with Gasteiger partial charge in [0, 0.05) is 19.5 Å². The van der Waals surface area contributed by atoms with E-state index in [1.54, 1.807) is 4.90 Å². The van der Waals surface area contributed by atoms with Gasteiger partial charge >= 0.3 is 5.97 Å². The van der Waals surface area contributed by atoms with Crippen molar-refractivity contribution in [1.29, 1.82) is 0 Å². The van der Waals surface area contributed by atoms with Crippen LogP contribution in [0.3, 0.4) is 0 Å².